The van der Waals surface area contributed by atoms with Crippen molar-refractivity contribution in [1.82, 2.24) is 10.0 Å². The van der Waals surface area contributed by atoms with Gasteiger partial charge < -0.3 is 5.32 Å². The molecular weight excluding hydrogens is 216 g/mol. The van der Waals surface area contributed by atoms with E-state index in [9.17, 15) is 13.2 Å². The van der Waals surface area contributed by atoms with Crippen LogP contribution in [0.15, 0.2) is 0 Å². The molecule has 0 aromatic carbocycles. The highest BCUT2D eigenvalue weighted by Crippen LogP contribution is 2.15. The molecule has 0 spiro atoms. The van der Waals surface area contributed by atoms with E-state index in [1.165, 1.54) is 6.92 Å². The Morgan fingerprint density at radius 2 is 2.00 bits per heavy atom. The van der Waals surface area contributed by atoms with E-state index in [1.807, 2.05) is 0 Å². The van der Waals surface area contributed by atoms with Gasteiger partial charge in [-0.05, 0) is 38.8 Å². The van der Waals surface area contributed by atoms with Crippen LogP contribution in [0, 0.1) is 5.92 Å². The molecule has 88 valence electrons. The zero-order valence-electron chi connectivity index (χ0n) is 8.95. The van der Waals surface area contributed by atoms with Crippen LogP contribution in [0.3, 0.4) is 0 Å². The molecule has 1 rings (SSSR count). The summed E-state index contributed by atoms with van der Waals surface area (Å²) in [5.41, 5.74) is 0. The van der Waals surface area contributed by atoms with Crippen molar-refractivity contribution < 1.29 is 13.2 Å². The van der Waals surface area contributed by atoms with E-state index in [1.54, 1.807) is 0 Å². The number of carbonyl (C=O) groups excluding carboxylic acids is 1. The summed E-state index contributed by atoms with van der Waals surface area (Å²) in [6, 6.07) is 0. The maximum Gasteiger partial charge on any atom is 0.234 e. The molecule has 0 bridgehead atoms. The summed E-state index contributed by atoms with van der Waals surface area (Å²) >= 11 is 0. The Balaban J connectivity index is 2.35. The molecule has 0 aliphatic carbocycles. The molecule has 1 saturated heterocycles. The van der Waals surface area contributed by atoms with E-state index < -0.39 is 10.0 Å². The average molecular weight is 234 g/mol. The number of nitrogens with one attached hydrogen (secondary N) is 2. The van der Waals surface area contributed by atoms with Gasteiger partial charge in [0.05, 0.1) is 5.75 Å². The van der Waals surface area contributed by atoms with Crippen LogP contribution in [0.25, 0.3) is 0 Å². The predicted octanol–water partition coefficient (Wildman–Crippen LogP) is -0.158. The van der Waals surface area contributed by atoms with Gasteiger partial charge in [0.1, 0.15) is 0 Å². The molecule has 5 nitrogen and oxygen atoms in total. The Hall–Kier alpha value is -0.620. The largest absolute Gasteiger partial charge is 0.317 e. The molecule has 0 atom stereocenters. The number of rotatable bonds is 4. The molecular formula is C9H18N2O3S. The molecule has 1 aliphatic heterocycles. The SMILES string of the molecule is CCS(=O)(=O)NC(=O)CC1CCNCC1. The Labute approximate surface area is 90.7 Å². The molecule has 0 unspecified atom stereocenters. The van der Waals surface area contributed by atoms with Crippen LogP contribution in [0.1, 0.15) is 26.2 Å². The van der Waals surface area contributed by atoms with E-state index in [0.717, 1.165) is 25.9 Å². The van der Waals surface area contributed by atoms with Crippen LogP contribution in [0.2, 0.25) is 0 Å². The minimum absolute atomic E-state index is 0.0506. The third-order valence-corrected chi connectivity index (χ3v) is 3.88. The molecule has 1 heterocycles. The standard InChI is InChI=1S/C9H18N2O3S/c1-2-15(13,14)11-9(12)7-8-3-5-10-6-4-8/h8,10H,2-7H2,1H3,(H,11,12). The lowest BCUT2D eigenvalue weighted by Gasteiger charge is -2.21. The first-order valence-electron chi connectivity index (χ1n) is 5.27. The van der Waals surface area contributed by atoms with Crippen LogP contribution in [0.4, 0.5) is 0 Å². The van der Waals surface area contributed by atoms with Crippen molar-refractivity contribution in [3.8, 4) is 0 Å². The Morgan fingerprint density at radius 3 is 2.53 bits per heavy atom. The molecule has 15 heavy (non-hydrogen) atoms. The van der Waals surface area contributed by atoms with Crippen molar-refractivity contribution in [2.24, 2.45) is 5.92 Å². The highest BCUT2D eigenvalue weighted by Gasteiger charge is 2.19. The van der Waals surface area contributed by atoms with Gasteiger partial charge in [-0.3, -0.25) is 9.52 Å². The summed E-state index contributed by atoms with van der Waals surface area (Å²) in [7, 11) is -3.38. The van der Waals surface area contributed by atoms with Crippen molar-refractivity contribution in [3.05, 3.63) is 0 Å². The molecule has 0 aromatic heterocycles. The minimum atomic E-state index is -3.38. The number of amides is 1. The molecule has 0 aromatic rings. The van der Waals surface area contributed by atoms with Crippen LogP contribution in [0.5, 0.6) is 0 Å². The zero-order chi connectivity index (χ0) is 11.3. The Morgan fingerprint density at radius 1 is 1.40 bits per heavy atom. The summed E-state index contributed by atoms with van der Waals surface area (Å²) < 4.78 is 24.3. The minimum Gasteiger partial charge on any atom is -0.317 e. The van der Waals surface area contributed by atoms with Crippen molar-refractivity contribution >= 4 is 15.9 Å². The second kappa shape index (κ2) is 5.46. The summed E-state index contributed by atoms with van der Waals surface area (Å²) in [4.78, 5) is 11.4. The summed E-state index contributed by atoms with van der Waals surface area (Å²) in [5, 5.41) is 3.20. The third-order valence-electron chi connectivity index (χ3n) is 2.58. The molecule has 0 radical (unpaired) electrons. The average Bonchev–Trinajstić information content (AvgIpc) is 2.18. The quantitative estimate of drug-likeness (QED) is 0.709. The fraction of sp³-hybridized carbons (Fsp3) is 0.889. The summed E-state index contributed by atoms with van der Waals surface area (Å²) in [6.07, 6.45) is 2.21. The van der Waals surface area contributed by atoms with Crippen molar-refractivity contribution in [3.63, 3.8) is 0 Å². The molecule has 2 N–H and O–H groups in total. The molecule has 1 fully saturated rings. The van der Waals surface area contributed by atoms with Crippen LogP contribution < -0.4 is 10.0 Å². The van der Waals surface area contributed by atoms with Crippen LogP contribution in [-0.4, -0.2) is 33.2 Å². The van der Waals surface area contributed by atoms with E-state index in [-0.39, 0.29) is 11.7 Å². The molecule has 1 aliphatic rings. The Bertz CT molecular complexity index is 307. The third kappa shape index (κ3) is 4.61. The van der Waals surface area contributed by atoms with Crippen molar-refractivity contribution in [2.75, 3.05) is 18.8 Å². The van der Waals surface area contributed by atoms with Gasteiger partial charge in [0.25, 0.3) is 0 Å². The van der Waals surface area contributed by atoms with Crippen LogP contribution in [-0.2, 0) is 14.8 Å². The molecule has 6 heteroatoms. The van der Waals surface area contributed by atoms with E-state index in [4.69, 9.17) is 0 Å². The first-order chi connectivity index (χ1) is 7.03. The van der Waals surface area contributed by atoms with Gasteiger partial charge in [0.15, 0.2) is 0 Å². The molecule has 1 amide bonds. The molecule has 0 saturated carbocycles. The first-order valence-corrected chi connectivity index (χ1v) is 6.93. The normalized spacial score (nSPS) is 18.7. The number of piperidine rings is 1. The van der Waals surface area contributed by atoms with Crippen molar-refractivity contribution in [2.45, 2.75) is 26.2 Å². The monoisotopic (exact) mass is 234 g/mol. The van der Waals surface area contributed by atoms with E-state index in [0.29, 0.717) is 12.3 Å². The zero-order valence-corrected chi connectivity index (χ0v) is 9.77. The fourth-order valence-electron chi connectivity index (χ4n) is 1.64. The lowest BCUT2D eigenvalue weighted by Crippen LogP contribution is -2.35. The first kappa shape index (κ1) is 12.4. The van der Waals surface area contributed by atoms with Gasteiger partial charge >= 0.3 is 0 Å². The van der Waals surface area contributed by atoms with Gasteiger partial charge in [-0.25, -0.2) is 8.42 Å². The maximum atomic E-state index is 11.4. The van der Waals surface area contributed by atoms with Gasteiger partial charge in [-0.1, -0.05) is 0 Å². The highest BCUT2D eigenvalue weighted by atomic mass is 32.2. The fourth-order valence-corrected chi connectivity index (χ4v) is 2.21. The number of carbonyl (C=O) groups is 1. The van der Waals surface area contributed by atoms with Gasteiger partial charge in [-0.2, -0.15) is 0 Å². The number of sulfonamides is 1. The smallest absolute Gasteiger partial charge is 0.234 e. The van der Waals surface area contributed by atoms with Crippen molar-refractivity contribution in [1.29, 1.82) is 0 Å². The van der Waals surface area contributed by atoms with E-state index in [2.05, 4.69) is 10.0 Å². The van der Waals surface area contributed by atoms with E-state index >= 15 is 0 Å². The summed E-state index contributed by atoms with van der Waals surface area (Å²) in [6.45, 7) is 3.34. The second-order valence-corrected chi connectivity index (χ2v) is 5.84. The van der Waals surface area contributed by atoms with Gasteiger partial charge in [-0.15, -0.1) is 0 Å². The lowest BCUT2D eigenvalue weighted by molar-refractivity contribution is -0.120. The highest BCUT2D eigenvalue weighted by molar-refractivity contribution is 7.90. The predicted molar refractivity (Wildman–Crippen MR) is 57.8 cm³/mol. The second-order valence-electron chi connectivity index (χ2n) is 3.83. The Kier molecular flexibility index (Phi) is 4.53. The van der Waals surface area contributed by atoms with Crippen LogP contribution >= 0.6 is 0 Å². The maximum absolute atomic E-state index is 11.4. The number of hydrogen-bond acceptors (Lipinski definition) is 4. The topological polar surface area (TPSA) is 75.3 Å². The van der Waals surface area contributed by atoms with Gasteiger partial charge in [0.2, 0.25) is 15.9 Å². The summed E-state index contributed by atoms with van der Waals surface area (Å²) in [5.74, 6) is -0.104. The number of hydrogen-bond donors (Lipinski definition) is 2. The lowest BCUT2D eigenvalue weighted by atomic mass is 9.94. The van der Waals surface area contributed by atoms with Gasteiger partial charge in [0, 0.05) is 6.42 Å².